The zero-order chi connectivity index (χ0) is 12.9. The van der Waals surface area contributed by atoms with Crippen LogP contribution in [0, 0.1) is 11.8 Å². The molecular weight excluding hydrogens is 214 g/mol. The normalized spacial score (nSPS) is 27.4. The van der Waals surface area contributed by atoms with Gasteiger partial charge in [-0.1, -0.05) is 19.8 Å². The van der Waals surface area contributed by atoms with Crippen LogP contribution in [0.3, 0.4) is 0 Å². The summed E-state index contributed by atoms with van der Waals surface area (Å²) in [6, 6.07) is 0. The summed E-state index contributed by atoms with van der Waals surface area (Å²) in [6.07, 6.45) is 3.67. The van der Waals surface area contributed by atoms with Crippen LogP contribution in [-0.2, 0) is 4.74 Å². The minimum Gasteiger partial charge on any atom is -0.389 e. The highest BCUT2D eigenvalue weighted by molar-refractivity contribution is 4.76. The molecule has 0 spiro atoms. The molecule has 0 aromatic carbocycles. The Morgan fingerprint density at radius 1 is 1.35 bits per heavy atom. The molecule has 1 aliphatic carbocycles. The van der Waals surface area contributed by atoms with Gasteiger partial charge in [0.25, 0.3) is 0 Å². The highest BCUT2D eigenvalue weighted by Crippen LogP contribution is 2.30. The van der Waals surface area contributed by atoms with Crippen molar-refractivity contribution in [2.24, 2.45) is 11.8 Å². The molecule has 102 valence electrons. The molecule has 1 fully saturated rings. The monoisotopic (exact) mass is 243 g/mol. The van der Waals surface area contributed by atoms with Crippen molar-refractivity contribution >= 4 is 0 Å². The Morgan fingerprint density at radius 3 is 2.59 bits per heavy atom. The van der Waals surface area contributed by atoms with E-state index in [0.29, 0.717) is 13.2 Å². The molecule has 1 rings (SSSR count). The Morgan fingerprint density at radius 2 is 2.06 bits per heavy atom. The van der Waals surface area contributed by atoms with Crippen molar-refractivity contribution < 1.29 is 9.84 Å². The fourth-order valence-electron chi connectivity index (χ4n) is 2.37. The minimum atomic E-state index is -0.397. The highest BCUT2D eigenvalue weighted by Gasteiger charge is 2.23. The van der Waals surface area contributed by atoms with E-state index >= 15 is 0 Å². The molecule has 0 radical (unpaired) electrons. The predicted molar refractivity (Wildman–Crippen MR) is 71.1 cm³/mol. The molecular formula is C14H29NO2. The summed E-state index contributed by atoms with van der Waals surface area (Å²) in [7, 11) is 0. The summed E-state index contributed by atoms with van der Waals surface area (Å²) in [5, 5.41) is 13.1. The summed E-state index contributed by atoms with van der Waals surface area (Å²) in [4.78, 5) is 0. The van der Waals surface area contributed by atoms with Crippen molar-refractivity contribution in [3.63, 3.8) is 0 Å². The second kappa shape index (κ2) is 6.72. The number of nitrogens with one attached hydrogen (secondary N) is 1. The summed E-state index contributed by atoms with van der Waals surface area (Å²) in [6.45, 7) is 10.4. The largest absolute Gasteiger partial charge is 0.389 e. The number of ether oxygens (including phenoxy) is 1. The van der Waals surface area contributed by atoms with E-state index in [-0.39, 0.29) is 5.60 Å². The molecule has 3 nitrogen and oxygen atoms in total. The average Bonchev–Trinajstić information content (AvgIpc) is 2.61. The second-order valence-corrected chi connectivity index (χ2v) is 6.40. The standard InChI is InChI=1S/C14H29NO2/c1-11-6-5-7-12(11)8-15-9-13(16)10-17-14(2,3)4/h11-13,15-16H,5-10H2,1-4H3. The molecule has 0 aromatic heterocycles. The first-order chi connectivity index (χ1) is 7.88. The van der Waals surface area contributed by atoms with Crippen LogP contribution in [-0.4, -0.2) is 36.5 Å². The fraction of sp³-hybridized carbons (Fsp3) is 1.00. The Bertz CT molecular complexity index is 213. The Hall–Kier alpha value is -0.120. The lowest BCUT2D eigenvalue weighted by Crippen LogP contribution is -2.36. The highest BCUT2D eigenvalue weighted by atomic mass is 16.5. The van der Waals surface area contributed by atoms with Crippen LogP contribution >= 0.6 is 0 Å². The smallest absolute Gasteiger partial charge is 0.0897 e. The van der Waals surface area contributed by atoms with Gasteiger partial charge in [-0.05, 0) is 45.6 Å². The van der Waals surface area contributed by atoms with E-state index in [1.54, 1.807) is 0 Å². The van der Waals surface area contributed by atoms with Gasteiger partial charge < -0.3 is 15.2 Å². The first-order valence-electron chi connectivity index (χ1n) is 6.91. The third kappa shape index (κ3) is 6.39. The first kappa shape index (κ1) is 14.9. The predicted octanol–water partition coefficient (Wildman–Crippen LogP) is 2.19. The summed E-state index contributed by atoms with van der Waals surface area (Å²) in [5.74, 6) is 1.64. The molecule has 1 saturated carbocycles. The molecule has 3 atom stereocenters. The quantitative estimate of drug-likeness (QED) is 0.751. The van der Waals surface area contributed by atoms with Gasteiger partial charge in [-0.15, -0.1) is 0 Å². The minimum absolute atomic E-state index is 0.166. The maximum atomic E-state index is 9.76. The van der Waals surface area contributed by atoms with Gasteiger partial charge in [0.1, 0.15) is 0 Å². The van der Waals surface area contributed by atoms with Crippen LogP contribution in [0.5, 0.6) is 0 Å². The molecule has 0 aromatic rings. The molecule has 0 amide bonds. The lowest BCUT2D eigenvalue weighted by Gasteiger charge is -2.23. The zero-order valence-electron chi connectivity index (χ0n) is 11.8. The number of hydrogen-bond acceptors (Lipinski definition) is 3. The van der Waals surface area contributed by atoms with Crippen LogP contribution in [0.25, 0.3) is 0 Å². The molecule has 2 N–H and O–H groups in total. The van der Waals surface area contributed by atoms with E-state index in [1.807, 2.05) is 20.8 Å². The molecule has 0 heterocycles. The summed E-state index contributed by atoms with van der Waals surface area (Å²) in [5.41, 5.74) is -0.166. The maximum absolute atomic E-state index is 9.76. The van der Waals surface area contributed by atoms with Gasteiger partial charge in [0.2, 0.25) is 0 Å². The van der Waals surface area contributed by atoms with Crippen molar-refractivity contribution in [2.45, 2.75) is 58.7 Å². The van der Waals surface area contributed by atoms with E-state index in [0.717, 1.165) is 18.4 Å². The number of aliphatic hydroxyl groups is 1. The molecule has 0 bridgehead atoms. The number of rotatable bonds is 6. The van der Waals surface area contributed by atoms with Crippen molar-refractivity contribution in [3.8, 4) is 0 Å². The number of hydrogen-bond donors (Lipinski definition) is 2. The second-order valence-electron chi connectivity index (χ2n) is 6.40. The average molecular weight is 243 g/mol. The molecule has 0 aliphatic heterocycles. The van der Waals surface area contributed by atoms with Crippen LogP contribution in [0.4, 0.5) is 0 Å². The van der Waals surface area contributed by atoms with Gasteiger partial charge >= 0.3 is 0 Å². The van der Waals surface area contributed by atoms with Gasteiger partial charge in [-0.3, -0.25) is 0 Å². The van der Waals surface area contributed by atoms with Gasteiger partial charge in [0, 0.05) is 6.54 Å². The SMILES string of the molecule is CC1CCCC1CNCC(O)COC(C)(C)C. The van der Waals surface area contributed by atoms with E-state index in [2.05, 4.69) is 12.2 Å². The van der Waals surface area contributed by atoms with Gasteiger partial charge in [0.05, 0.1) is 18.3 Å². The van der Waals surface area contributed by atoms with Crippen molar-refractivity contribution in [1.29, 1.82) is 0 Å². The summed E-state index contributed by atoms with van der Waals surface area (Å²) >= 11 is 0. The van der Waals surface area contributed by atoms with Crippen LogP contribution in [0.15, 0.2) is 0 Å². The Labute approximate surface area is 106 Å². The fourth-order valence-corrected chi connectivity index (χ4v) is 2.37. The first-order valence-corrected chi connectivity index (χ1v) is 6.91. The third-order valence-corrected chi connectivity index (χ3v) is 3.53. The Balaban J connectivity index is 2.05. The number of aliphatic hydroxyl groups excluding tert-OH is 1. The molecule has 0 saturated heterocycles. The van der Waals surface area contributed by atoms with Crippen LogP contribution in [0.2, 0.25) is 0 Å². The zero-order valence-corrected chi connectivity index (χ0v) is 11.8. The molecule has 17 heavy (non-hydrogen) atoms. The van der Waals surface area contributed by atoms with Crippen molar-refractivity contribution in [3.05, 3.63) is 0 Å². The third-order valence-electron chi connectivity index (χ3n) is 3.53. The van der Waals surface area contributed by atoms with Crippen molar-refractivity contribution in [1.82, 2.24) is 5.32 Å². The van der Waals surface area contributed by atoms with Crippen LogP contribution < -0.4 is 5.32 Å². The summed E-state index contributed by atoms with van der Waals surface area (Å²) < 4.78 is 5.54. The molecule has 3 unspecified atom stereocenters. The lowest BCUT2D eigenvalue weighted by atomic mass is 9.98. The van der Waals surface area contributed by atoms with E-state index in [1.165, 1.54) is 19.3 Å². The lowest BCUT2D eigenvalue weighted by molar-refractivity contribution is -0.0480. The van der Waals surface area contributed by atoms with Gasteiger partial charge in [0.15, 0.2) is 0 Å². The van der Waals surface area contributed by atoms with Gasteiger partial charge in [-0.25, -0.2) is 0 Å². The topological polar surface area (TPSA) is 41.5 Å². The molecule has 1 aliphatic rings. The van der Waals surface area contributed by atoms with Crippen LogP contribution in [0.1, 0.15) is 47.0 Å². The van der Waals surface area contributed by atoms with E-state index in [9.17, 15) is 5.11 Å². The molecule has 3 heteroatoms. The van der Waals surface area contributed by atoms with E-state index < -0.39 is 6.10 Å². The van der Waals surface area contributed by atoms with Gasteiger partial charge in [-0.2, -0.15) is 0 Å². The Kier molecular flexibility index (Phi) is 5.90. The van der Waals surface area contributed by atoms with E-state index in [4.69, 9.17) is 4.74 Å². The van der Waals surface area contributed by atoms with Crippen molar-refractivity contribution in [2.75, 3.05) is 19.7 Å². The maximum Gasteiger partial charge on any atom is 0.0897 e.